The van der Waals surface area contributed by atoms with Gasteiger partial charge in [0.05, 0.1) is 11.3 Å². The molecule has 4 nitrogen and oxygen atoms in total. The van der Waals surface area contributed by atoms with Crippen molar-refractivity contribution in [3.8, 4) is 5.00 Å². The van der Waals surface area contributed by atoms with Gasteiger partial charge in [0.25, 0.3) is 0 Å². The number of benzene rings is 1. The molecule has 7 heteroatoms. The Hall–Kier alpha value is -2.41. The Morgan fingerprint density at radius 2 is 1.79 bits per heavy atom. The van der Waals surface area contributed by atoms with Crippen LogP contribution in [0, 0.1) is 18.6 Å². The fraction of sp³-hybridized carbons (Fsp3) is 0.381. The largest absolute Gasteiger partial charge is 0.273 e. The molecule has 2 aliphatic rings. The number of hydrogen-bond donors (Lipinski definition) is 0. The number of hydrogen-bond acceptors (Lipinski definition) is 4. The molecular formula is C21H20F2N4S. The van der Waals surface area contributed by atoms with Crippen LogP contribution in [0.2, 0.25) is 0 Å². The minimum Gasteiger partial charge on any atom is -0.273 e. The van der Waals surface area contributed by atoms with Crippen molar-refractivity contribution in [2.24, 2.45) is 4.99 Å². The highest BCUT2D eigenvalue weighted by atomic mass is 32.1. The van der Waals surface area contributed by atoms with Gasteiger partial charge in [0.2, 0.25) is 0 Å². The van der Waals surface area contributed by atoms with Gasteiger partial charge in [0, 0.05) is 10.4 Å². The Morgan fingerprint density at radius 3 is 2.57 bits per heavy atom. The molecule has 0 N–H and O–H groups in total. The molecule has 0 saturated heterocycles. The molecule has 0 saturated carbocycles. The Kier molecular flexibility index (Phi) is 4.16. The van der Waals surface area contributed by atoms with Crippen LogP contribution < -0.4 is 0 Å². The summed E-state index contributed by atoms with van der Waals surface area (Å²) in [4.78, 5) is 6.09. The number of halogens is 2. The van der Waals surface area contributed by atoms with Gasteiger partial charge in [-0.2, -0.15) is 0 Å². The van der Waals surface area contributed by atoms with Crippen molar-refractivity contribution in [3.05, 3.63) is 63.0 Å². The summed E-state index contributed by atoms with van der Waals surface area (Å²) in [5, 5.41) is 9.51. The summed E-state index contributed by atoms with van der Waals surface area (Å²) in [5.41, 5.74) is 2.41. The van der Waals surface area contributed by atoms with Crippen LogP contribution in [-0.4, -0.2) is 20.5 Å². The van der Waals surface area contributed by atoms with Crippen LogP contribution in [-0.2, 0) is 12.8 Å². The molecule has 0 spiro atoms. The van der Waals surface area contributed by atoms with Crippen molar-refractivity contribution < 1.29 is 8.78 Å². The molecule has 3 heterocycles. The number of thiophene rings is 1. The van der Waals surface area contributed by atoms with Gasteiger partial charge in [0.1, 0.15) is 28.5 Å². The van der Waals surface area contributed by atoms with Gasteiger partial charge in [-0.3, -0.25) is 9.56 Å². The Balaban J connectivity index is 1.87. The predicted molar refractivity (Wildman–Crippen MR) is 106 cm³/mol. The van der Waals surface area contributed by atoms with E-state index in [-0.39, 0.29) is 11.6 Å². The third-order valence-electron chi connectivity index (χ3n) is 5.59. The second-order valence-electron chi connectivity index (χ2n) is 7.44. The predicted octanol–water partition coefficient (Wildman–Crippen LogP) is 5.10. The summed E-state index contributed by atoms with van der Waals surface area (Å²) < 4.78 is 31.6. The molecule has 28 heavy (non-hydrogen) atoms. The lowest BCUT2D eigenvalue weighted by molar-refractivity contribution is 0.578. The minimum absolute atomic E-state index is 0.0446. The molecular weight excluding hydrogens is 378 g/mol. The highest BCUT2D eigenvalue weighted by molar-refractivity contribution is 7.15. The number of aromatic nitrogens is 3. The molecule has 0 bridgehead atoms. The van der Waals surface area contributed by atoms with Gasteiger partial charge in [0.15, 0.2) is 5.82 Å². The van der Waals surface area contributed by atoms with Crippen molar-refractivity contribution in [3.63, 3.8) is 0 Å². The van der Waals surface area contributed by atoms with Gasteiger partial charge >= 0.3 is 0 Å². The van der Waals surface area contributed by atoms with Crippen molar-refractivity contribution in [1.29, 1.82) is 0 Å². The van der Waals surface area contributed by atoms with Crippen LogP contribution in [0.5, 0.6) is 0 Å². The van der Waals surface area contributed by atoms with Gasteiger partial charge in [-0.05, 0) is 57.2 Å². The first-order valence-electron chi connectivity index (χ1n) is 9.65. The third kappa shape index (κ3) is 2.56. The average molecular weight is 398 g/mol. The van der Waals surface area contributed by atoms with Crippen LogP contribution >= 0.6 is 11.3 Å². The zero-order valence-corrected chi connectivity index (χ0v) is 16.6. The van der Waals surface area contributed by atoms with E-state index in [0.29, 0.717) is 11.5 Å². The summed E-state index contributed by atoms with van der Waals surface area (Å²) in [6, 6.07) is 3.64. The molecule has 0 fully saturated rings. The Labute approximate surface area is 166 Å². The monoisotopic (exact) mass is 398 g/mol. The maximum Gasteiger partial charge on any atom is 0.162 e. The van der Waals surface area contributed by atoms with E-state index in [0.717, 1.165) is 42.1 Å². The van der Waals surface area contributed by atoms with E-state index in [1.165, 1.54) is 35.1 Å². The molecule has 0 radical (unpaired) electrons. The van der Waals surface area contributed by atoms with Crippen LogP contribution in [0.1, 0.15) is 65.4 Å². The first-order valence-corrected chi connectivity index (χ1v) is 10.5. The van der Waals surface area contributed by atoms with Gasteiger partial charge in [-0.15, -0.1) is 21.5 Å². The van der Waals surface area contributed by atoms with Crippen LogP contribution in [0.3, 0.4) is 0 Å². The quantitative estimate of drug-likeness (QED) is 0.536. The van der Waals surface area contributed by atoms with E-state index in [4.69, 9.17) is 4.99 Å². The van der Waals surface area contributed by atoms with E-state index in [9.17, 15) is 8.78 Å². The number of fused-ring (bicyclic) bond motifs is 5. The van der Waals surface area contributed by atoms with Gasteiger partial charge < -0.3 is 0 Å². The molecule has 1 aliphatic carbocycles. The smallest absolute Gasteiger partial charge is 0.162 e. The van der Waals surface area contributed by atoms with Crippen molar-refractivity contribution >= 4 is 17.0 Å². The summed E-state index contributed by atoms with van der Waals surface area (Å²) in [7, 11) is 0. The number of aliphatic imine (C=N–C) groups is 1. The van der Waals surface area contributed by atoms with E-state index in [1.54, 1.807) is 11.3 Å². The topological polar surface area (TPSA) is 43.1 Å². The second kappa shape index (κ2) is 6.58. The first-order chi connectivity index (χ1) is 13.6. The fourth-order valence-electron chi connectivity index (χ4n) is 4.26. The zero-order valence-electron chi connectivity index (χ0n) is 15.8. The maximum atomic E-state index is 14.8. The molecule has 2 aromatic heterocycles. The molecule has 1 aromatic carbocycles. The average Bonchev–Trinajstić information content (AvgIpc) is 3.08. The lowest BCUT2D eigenvalue weighted by Crippen LogP contribution is -2.12. The van der Waals surface area contributed by atoms with Crippen molar-refractivity contribution in [1.82, 2.24) is 14.8 Å². The maximum absolute atomic E-state index is 14.8. The summed E-state index contributed by atoms with van der Waals surface area (Å²) in [6.07, 6.45) is 5.28. The summed E-state index contributed by atoms with van der Waals surface area (Å²) in [6.45, 7) is 3.81. The lowest BCUT2D eigenvalue weighted by atomic mass is 9.96. The summed E-state index contributed by atoms with van der Waals surface area (Å²) in [5.74, 6) is 0.312. The zero-order chi connectivity index (χ0) is 19.4. The second-order valence-corrected chi connectivity index (χ2v) is 8.52. The number of rotatable bonds is 1. The first kappa shape index (κ1) is 17.7. The molecule has 3 aromatic rings. The third-order valence-corrected chi connectivity index (χ3v) is 6.87. The van der Waals surface area contributed by atoms with Crippen molar-refractivity contribution in [2.45, 2.75) is 52.0 Å². The lowest BCUT2D eigenvalue weighted by Gasteiger charge is -2.12. The Morgan fingerprint density at radius 1 is 1.04 bits per heavy atom. The molecule has 0 amide bonds. The molecule has 0 unspecified atom stereocenters. The number of aryl methyl sites for hydroxylation is 2. The molecule has 1 atom stereocenters. The van der Waals surface area contributed by atoms with Crippen LogP contribution in [0.25, 0.3) is 5.00 Å². The van der Waals surface area contributed by atoms with E-state index < -0.39 is 11.6 Å². The highest BCUT2D eigenvalue weighted by Crippen LogP contribution is 2.42. The summed E-state index contributed by atoms with van der Waals surface area (Å²) >= 11 is 1.70. The normalized spacial score (nSPS) is 18.6. The molecule has 1 aliphatic heterocycles. The Bertz CT molecular complexity index is 1090. The standard InChI is InChI=1S/C21H20F2N4S/c1-11-20-26-25-12(2)27(20)21-17(13-7-4-3-5-10-16(13)28-21)19(24-11)18-14(22)8-6-9-15(18)23/h6,8-9,11H,3-5,7,10H2,1-2H3/t11-/m0/s1. The minimum atomic E-state index is -0.583. The molecule has 144 valence electrons. The highest BCUT2D eigenvalue weighted by Gasteiger charge is 2.33. The van der Waals surface area contributed by atoms with Crippen LogP contribution in [0.4, 0.5) is 8.78 Å². The molecule has 5 rings (SSSR count). The van der Waals surface area contributed by atoms with E-state index in [2.05, 4.69) is 10.2 Å². The fourth-order valence-corrected chi connectivity index (χ4v) is 5.71. The van der Waals surface area contributed by atoms with E-state index >= 15 is 0 Å². The van der Waals surface area contributed by atoms with Crippen LogP contribution in [0.15, 0.2) is 23.2 Å². The van der Waals surface area contributed by atoms with Gasteiger partial charge in [-0.1, -0.05) is 12.5 Å². The SMILES string of the molecule is Cc1nnc2n1-c1sc3c(c1C(c1c(F)cccc1F)=N[C@H]2C)CCCCC3. The number of nitrogens with zero attached hydrogens (tertiary/aromatic N) is 4. The van der Waals surface area contributed by atoms with Gasteiger partial charge in [-0.25, -0.2) is 8.78 Å². The van der Waals surface area contributed by atoms with Crippen molar-refractivity contribution in [2.75, 3.05) is 0 Å². The van der Waals surface area contributed by atoms with E-state index in [1.807, 2.05) is 18.4 Å².